The lowest BCUT2D eigenvalue weighted by Gasteiger charge is -2.12. The summed E-state index contributed by atoms with van der Waals surface area (Å²) in [6, 6.07) is 9.81. The minimum Gasteiger partial charge on any atom is -0.383 e. The molecule has 0 radical (unpaired) electrons. The van der Waals surface area contributed by atoms with Crippen LogP contribution in [0.2, 0.25) is 0 Å². The molecule has 0 saturated heterocycles. The molecule has 136 valence electrons. The van der Waals surface area contributed by atoms with E-state index in [1.807, 2.05) is 54.3 Å². The molecule has 0 amide bonds. The van der Waals surface area contributed by atoms with Gasteiger partial charge in [0, 0.05) is 36.3 Å². The number of hydrogen-bond donors (Lipinski definition) is 4. The van der Waals surface area contributed by atoms with Gasteiger partial charge in [-0.05, 0) is 29.8 Å². The zero-order valence-electron chi connectivity index (χ0n) is 14.8. The minimum atomic E-state index is -0.793. The van der Waals surface area contributed by atoms with E-state index >= 15 is 0 Å². The number of nitrogens with one attached hydrogen (secondary N) is 2. The van der Waals surface area contributed by atoms with Crippen molar-refractivity contribution in [1.29, 1.82) is 0 Å². The molecule has 0 fully saturated rings. The van der Waals surface area contributed by atoms with E-state index < -0.39 is 6.23 Å². The van der Waals surface area contributed by atoms with Gasteiger partial charge in [0.05, 0.1) is 11.1 Å². The van der Waals surface area contributed by atoms with Gasteiger partial charge in [-0.15, -0.1) is 0 Å². The topological polar surface area (TPSA) is 105 Å². The Morgan fingerprint density at radius 3 is 2.67 bits per heavy atom. The second-order valence-electron chi connectivity index (χ2n) is 6.24. The molecule has 0 aliphatic rings. The van der Waals surface area contributed by atoms with Gasteiger partial charge < -0.3 is 25.7 Å². The summed E-state index contributed by atoms with van der Waals surface area (Å²) in [7, 11) is 1.97. The minimum absolute atomic E-state index is 0.449. The van der Waals surface area contributed by atoms with Gasteiger partial charge in [-0.2, -0.15) is 0 Å². The molecule has 0 spiro atoms. The molecule has 0 saturated carbocycles. The molecule has 5 N–H and O–H groups in total. The first-order valence-electron chi connectivity index (χ1n) is 8.49. The SMILES string of the molecule is C=CC(O)Nc1ccc(-c2c(-c3cc[nH]c3)c3c(N)ncnc3n2C)cc1. The van der Waals surface area contributed by atoms with Gasteiger partial charge in [0.15, 0.2) is 0 Å². The highest BCUT2D eigenvalue weighted by molar-refractivity contribution is 6.07. The number of aliphatic hydroxyl groups is 1. The summed E-state index contributed by atoms with van der Waals surface area (Å²) in [5.74, 6) is 0.449. The molecule has 27 heavy (non-hydrogen) atoms. The third kappa shape index (κ3) is 2.84. The predicted octanol–water partition coefficient (Wildman–Crippen LogP) is 3.13. The van der Waals surface area contributed by atoms with E-state index in [9.17, 15) is 5.11 Å². The number of aliphatic hydroxyl groups excluding tert-OH is 1. The molecule has 4 rings (SSSR count). The van der Waals surface area contributed by atoms with Crippen LogP contribution in [0.5, 0.6) is 0 Å². The molecular weight excluding hydrogens is 340 g/mol. The maximum Gasteiger partial charge on any atom is 0.146 e. The van der Waals surface area contributed by atoms with E-state index in [0.29, 0.717) is 5.82 Å². The van der Waals surface area contributed by atoms with Crippen molar-refractivity contribution in [2.75, 3.05) is 11.1 Å². The van der Waals surface area contributed by atoms with E-state index in [0.717, 1.165) is 39.1 Å². The van der Waals surface area contributed by atoms with Crippen LogP contribution in [0.3, 0.4) is 0 Å². The largest absolute Gasteiger partial charge is 0.383 e. The third-order valence-electron chi connectivity index (χ3n) is 4.58. The van der Waals surface area contributed by atoms with Crippen LogP contribution in [0.25, 0.3) is 33.4 Å². The molecule has 4 aromatic rings. The highest BCUT2D eigenvalue weighted by atomic mass is 16.3. The Morgan fingerprint density at radius 1 is 1.22 bits per heavy atom. The molecule has 1 atom stereocenters. The van der Waals surface area contributed by atoms with Crippen molar-refractivity contribution >= 4 is 22.5 Å². The number of aryl methyl sites for hydroxylation is 1. The zero-order chi connectivity index (χ0) is 19.0. The monoisotopic (exact) mass is 360 g/mol. The highest BCUT2D eigenvalue weighted by Gasteiger charge is 2.21. The molecule has 0 bridgehead atoms. The summed E-state index contributed by atoms with van der Waals surface area (Å²) in [6.45, 7) is 3.56. The molecule has 1 aromatic carbocycles. The molecule has 1 unspecified atom stereocenters. The fourth-order valence-electron chi connectivity index (χ4n) is 3.33. The summed E-state index contributed by atoms with van der Waals surface area (Å²) in [4.78, 5) is 11.7. The van der Waals surface area contributed by atoms with Crippen molar-refractivity contribution in [3.63, 3.8) is 0 Å². The van der Waals surface area contributed by atoms with Crippen LogP contribution >= 0.6 is 0 Å². The fraction of sp³-hybridized carbons (Fsp3) is 0.100. The first-order chi connectivity index (χ1) is 13.1. The quantitative estimate of drug-likeness (QED) is 0.323. The number of nitrogens with two attached hydrogens (primary N) is 1. The second kappa shape index (κ2) is 6.62. The highest BCUT2D eigenvalue weighted by Crippen LogP contribution is 2.41. The first-order valence-corrected chi connectivity index (χ1v) is 8.49. The van der Waals surface area contributed by atoms with Crippen LogP contribution in [0.4, 0.5) is 11.5 Å². The summed E-state index contributed by atoms with van der Waals surface area (Å²) >= 11 is 0. The lowest BCUT2D eigenvalue weighted by Crippen LogP contribution is -2.14. The van der Waals surface area contributed by atoms with Gasteiger partial charge in [0.2, 0.25) is 0 Å². The van der Waals surface area contributed by atoms with Gasteiger partial charge in [0.25, 0.3) is 0 Å². The van der Waals surface area contributed by atoms with Gasteiger partial charge >= 0.3 is 0 Å². The number of benzene rings is 1. The fourth-order valence-corrected chi connectivity index (χ4v) is 3.33. The maximum atomic E-state index is 9.67. The number of aromatic nitrogens is 4. The van der Waals surface area contributed by atoms with Crippen LogP contribution in [0.15, 0.2) is 61.7 Å². The maximum absolute atomic E-state index is 9.67. The number of hydrogen-bond acceptors (Lipinski definition) is 5. The van der Waals surface area contributed by atoms with E-state index in [4.69, 9.17) is 5.73 Å². The van der Waals surface area contributed by atoms with Crippen LogP contribution < -0.4 is 11.1 Å². The average Bonchev–Trinajstić information content (AvgIpc) is 3.30. The Kier molecular flexibility index (Phi) is 4.13. The number of nitrogen functional groups attached to an aromatic ring is 1. The smallest absolute Gasteiger partial charge is 0.146 e. The zero-order valence-corrected chi connectivity index (χ0v) is 14.8. The van der Waals surface area contributed by atoms with E-state index in [2.05, 4.69) is 26.8 Å². The first kappa shape index (κ1) is 16.9. The molecule has 3 aromatic heterocycles. The van der Waals surface area contributed by atoms with E-state index in [-0.39, 0.29) is 0 Å². The Labute approximate surface area is 156 Å². The summed E-state index contributed by atoms with van der Waals surface area (Å²) in [5, 5.41) is 13.4. The van der Waals surface area contributed by atoms with Crippen LogP contribution in [-0.2, 0) is 7.05 Å². The lowest BCUT2D eigenvalue weighted by atomic mass is 10.0. The van der Waals surface area contributed by atoms with Crippen LogP contribution in [-0.4, -0.2) is 30.9 Å². The normalized spacial score (nSPS) is 12.2. The Bertz CT molecular complexity index is 1100. The third-order valence-corrected chi connectivity index (χ3v) is 4.58. The van der Waals surface area contributed by atoms with Gasteiger partial charge in [-0.1, -0.05) is 18.7 Å². The molecule has 0 aliphatic heterocycles. The molecule has 0 aliphatic carbocycles. The Morgan fingerprint density at radius 2 is 2.00 bits per heavy atom. The van der Waals surface area contributed by atoms with Crippen LogP contribution in [0, 0.1) is 0 Å². The molecule has 7 nitrogen and oxygen atoms in total. The van der Waals surface area contributed by atoms with Crippen LogP contribution in [0.1, 0.15) is 0 Å². The van der Waals surface area contributed by atoms with Gasteiger partial charge in [-0.3, -0.25) is 0 Å². The number of rotatable bonds is 5. The van der Waals surface area contributed by atoms with Crippen molar-refractivity contribution in [2.24, 2.45) is 7.05 Å². The van der Waals surface area contributed by atoms with Crippen molar-refractivity contribution in [2.45, 2.75) is 6.23 Å². The molecule has 3 heterocycles. The van der Waals surface area contributed by atoms with Gasteiger partial charge in [0.1, 0.15) is 24.0 Å². The van der Waals surface area contributed by atoms with Crippen molar-refractivity contribution in [3.05, 3.63) is 61.7 Å². The number of fused-ring (bicyclic) bond motifs is 1. The van der Waals surface area contributed by atoms with E-state index in [1.54, 1.807) is 0 Å². The average molecular weight is 360 g/mol. The number of anilines is 2. The number of nitrogens with zero attached hydrogens (tertiary/aromatic N) is 3. The van der Waals surface area contributed by atoms with Crippen molar-refractivity contribution in [1.82, 2.24) is 19.5 Å². The molecular formula is C20H20N6O. The number of H-pyrrole nitrogens is 1. The predicted molar refractivity (Wildman–Crippen MR) is 108 cm³/mol. The van der Waals surface area contributed by atoms with Crippen molar-refractivity contribution < 1.29 is 5.11 Å². The summed E-state index contributed by atoms with van der Waals surface area (Å²) in [5.41, 5.74) is 11.8. The second-order valence-corrected chi connectivity index (χ2v) is 6.24. The van der Waals surface area contributed by atoms with E-state index in [1.165, 1.54) is 12.4 Å². The Hall–Kier alpha value is -3.58. The van der Waals surface area contributed by atoms with Crippen molar-refractivity contribution in [3.8, 4) is 22.4 Å². The lowest BCUT2D eigenvalue weighted by molar-refractivity contribution is 0.253. The summed E-state index contributed by atoms with van der Waals surface area (Å²) < 4.78 is 2.02. The molecule has 7 heteroatoms. The number of aromatic amines is 1. The standard InChI is InChI=1S/C20H20N6O/c1-3-15(27)25-14-6-4-12(5-7-14)18-16(13-8-9-22-10-13)17-19(21)23-11-24-20(17)26(18)2/h3-11,15,22,25,27H,1H2,2H3,(H2,21,23,24). The summed E-state index contributed by atoms with van der Waals surface area (Å²) in [6.07, 6.45) is 5.93. The van der Waals surface area contributed by atoms with Gasteiger partial charge in [-0.25, -0.2) is 9.97 Å². The Balaban J connectivity index is 1.91.